The second-order valence-electron chi connectivity index (χ2n) is 3.89. The Labute approximate surface area is 122 Å². The van der Waals surface area contributed by atoms with Gasteiger partial charge >= 0.3 is 0 Å². The van der Waals surface area contributed by atoms with E-state index in [0.29, 0.717) is 12.8 Å². The second-order valence-corrected chi connectivity index (χ2v) is 6.90. The van der Waals surface area contributed by atoms with Crippen LogP contribution in [0.1, 0.15) is 12.0 Å². The van der Waals surface area contributed by atoms with Gasteiger partial charge in [0.2, 0.25) is 10.0 Å². The summed E-state index contributed by atoms with van der Waals surface area (Å²) in [6.45, 7) is 2.18. The minimum absolute atomic E-state index is 0.0904. The van der Waals surface area contributed by atoms with E-state index in [1.54, 1.807) is 24.3 Å². The van der Waals surface area contributed by atoms with Crippen LogP contribution in [0.3, 0.4) is 0 Å². The van der Waals surface area contributed by atoms with Crippen molar-refractivity contribution in [2.24, 2.45) is 0 Å². The molecule has 6 heteroatoms. The molecule has 18 heavy (non-hydrogen) atoms. The van der Waals surface area contributed by atoms with E-state index in [1.807, 2.05) is 6.92 Å². The van der Waals surface area contributed by atoms with E-state index in [-0.39, 0.29) is 11.4 Å². The third-order valence-corrected chi connectivity index (χ3v) is 5.12. The van der Waals surface area contributed by atoms with Gasteiger partial charge in [-0.1, -0.05) is 40.3 Å². The van der Waals surface area contributed by atoms with Crippen molar-refractivity contribution in [3.63, 3.8) is 0 Å². The molecule has 0 amide bonds. The zero-order valence-corrected chi connectivity index (χ0v) is 13.1. The molecule has 0 saturated heterocycles. The lowest BCUT2D eigenvalue weighted by Crippen LogP contribution is -2.33. The van der Waals surface area contributed by atoms with Crippen LogP contribution in [0.4, 0.5) is 0 Å². The van der Waals surface area contributed by atoms with Crippen LogP contribution in [0.2, 0.25) is 0 Å². The number of benzene rings is 1. The van der Waals surface area contributed by atoms with E-state index in [0.717, 1.165) is 16.4 Å². The molecule has 0 aliphatic carbocycles. The predicted molar refractivity (Wildman–Crippen MR) is 79.5 cm³/mol. The van der Waals surface area contributed by atoms with Crippen molar-refractivity contribution in [2.45, 2.75) is 18.2 Å². The molecule has 1 aromatic carbocycles. The van der Waals surface area contributed by atoms with Gasteiger partial charge in [-0.25, -0.2) is 8.42 Å². The number of carbonyl (C=O) groups excluding carboxylic acids is 1. The lowest BCUT2D eigenvalue weighted by molar-refractivity contribution is -0.108. The molecule has 1 aromatic rings. The topological polar surface area (TPSA) is 54.5 Å². The summed E-state index contributed by atoms with van der Waals surface area (Å²) < 4.78 is 26.7. The molecule has 100 valence electrons. The summed E-state index contributed by atoms with van der Waals surface area (Å²) in [5, 5.41) is 0. The normalized spacial score (nSPS) is 11.7. The lowest BCUT2D eigenvalue weighted by Gasteiger charge is -2.19. The number of alkyl halides is 1. The Morgan fingerprint density at radius 3 is 2.39 bits per heavy atom. The first kappa shape index (κ1) is 15.6. The molecule has 0 aliphatic heterocycles. The SMILES string of the molecule is Cc1ccc(S(=O)(=O)N(CC=O)CCCI)cc1. The van der Waals surface area contributed by atoms with Gasteiger partial charge in [-0.05, 0) is 25.5 Å². The molecule has 0 unspecified atom stereocenters. The molecule has 0 atom stereocenters. The van der Waals surface area contributed by atoms with Gasteiger partial charge in [-0.15, -0.1) is 0 Å². The van der Waals surface area contributed by atoms with Gasteiger partial charge in [0.05, 0.1) is 11.4 Å². The number of nitrogens with zero attached hydrogens (tertiary/aromatic N) is 1. The van der Waals surface area contributed by atoms with Crippen LogP contribution in [-0.4, -0.2) is 36.5 Å². The summed E-state index contributed by atoms with van der Waals surface area (Å²) in [6, 6.07) is 6.66. The third-order valence-electron chi connectivity index (χ3n) is 2.48. The molecule has 0 bridgehead atoms. The summed E-state index contributed by atoms with van der Waals surface area (Å²) in [5.74, 6) is 0. The zero-order valence-electron chi connectivity index (χ0n) is 10.2. The standard InChI is InChI=1S/C12H16INO3S/c1-11-3-5-12(6-4-11)18(16,17)14(9-10-15)8-2-7-13/h3-6,10H,2,7-9H2,1H3. The van der Waals surface area contributed by atoms with Crippen LogP contribution in [0, 0.1) is 6.92 Å². The van der Waals surface area contributed by atoms with E-state index in [2.05, 4.69) is 22.6 Å². The molecule has 4 nitrogen and oxygen atoms in total. The summed E-state index contributed by atoms with van der Waals surface area (Å²) in [6.07, 6.45) is 1.36. The third kappa shape index (κ3) is 4.03. The number of rotatable bonds is 7. The van der Waals surface area contributed by atoms with Gasteiger partial charge in [-0.2, -0.15) is 4.31 Å². The molecule has 0 fully saturated rings. The quantitative estimate of drug-likeness (QED) is 0.413. The van der Waals surface area contributed by atoms with Gasteiger partial charge in [0, 0.05) is 11.0 Å². The fraction of sp³-hybridized carbons (Fsp3) is 0.417. The summed E-state index contributed by atoms with van der Waals surface area (Å²) >= 11 is 2.19. The molecule has 0 spiro atoms. The number of hydrogen-bond acceptors (Lipinski definition) is 3. The number of aryl methyl sites for hydroxylation is 1. The maximum absolute atomic E-state index is 12.3. The highest BCUT2D eigenvalue weighted by Gasteiger charge is 2.23. The van der Waals surface area contributed by atoms with Gasteiger partial charge in [0.25, 0.3) is 0 Å². The molecule has 0 N–H and O–H groups in total. The van der Waals surface area contributed by atoms with Gasteiger partial charge in [0.1, 0.15) is 6.29 Å². The van der Waals surface area contributed by atoms with Crippen molar-refractivity contribution in [2.75, 3.05) is 17.5 Å². The highest BCUT2D eigenvalue weighted by atomic mass is 127. The average molecular weight is 381 g/mol. The van der Waals surface area contributed by atoms with E-state index in [9.17, 15) is 13.2 Å². The smallest absolute Gasteiger partial charge is 0.243 e. The molecule has 0 saturated carbocycles. The summed E-state index contributed by atoms with van der Waals surface area (Å²) in [4.78, 5) is 10.8. The van der Waals surface area contributed by atoms with Crippen molar-refractivity contribution in [3.05, 3.63) is 29.8 Å². The van der Waals surface area contributed by atoms with Crippen molar-refractivity contribution in [1.82, 2.24) is 4.31 Å². The van der Waals surface area contributed by atoms with E-state index >= 15 is 0 Å². The minimum Gasteiger partial charge on any atom is -0.302 e. The Bertz CT molecular complexity index is 485. The number of halogens is 1. The molecule has 0 aliphatic rings. The van der Waals surface area contributed by atoms with Crippen LogP contribution in [0.5, 0.6) is 0 Å². The van der Waals surface area contributed by atoms with Crippen LogP contribution in [0.15, 0.2) is 29.2 Å². The van der Waals surface area contributed by atoms with Crippen LogP contribution in [-0.2, 0) is 14.8 Å². The first-order valence-electron chi connectivity index (χ1n) is 5.59. The molecular weight excluding hydrogens is 365 g/mol. The van der Waals surface area contributed by atoms with Crippen molar-refractivity contribution in [3.8, 4) is 0 Å². The van der Waals surface area contributed by atoms with Crippen molar-refractivity contribution < 1.29 is 13.2 Å². The number of hydrogen-bond donors (Lipinski definition) is 0. The van der Waals surface area contributed by atoms with Gasteiger partial charge < -0.3 is 4.79 Å². The monoisotopic (exact) mass is 381 g/mol. The first-order chi connectivity index (χ1) is 8.52. The van der Waals surface area contributed by atoms with Crippen LogP contribution >= 0.6 is 22.6 Å². The molecule has 0 heterocycles. The van der Waals surface area contributed by atoms with Gasteiger partial charge in [0.15, 0.2) is 0 Å². The van der Waals surface area contributed by atoms with E-state index in [4.69, 9.17) is 0 Å². The summed E-state index contributed by atoms with van der Waals surface area (Å²) in [5.41, 5.74) is 1.00. The Balaban J connectivity index is 3.00. The second kappa shape index (κ2) is 7.20. The fourth-order valence-electron chi connectivity index (χ4n) is 1.49. The molecule has 1 rings (SSSR count). The van der Waals surface area contributed by atoms with E-state index in [1.165, 1.54) is 4.31 Å². The van der Waals surface area contributed by atoms with Crippen LogP contribution < -0.4 is 0 Å². The fourth-order valence-corrected chi connectivity index (χ4v) is 3.23. The molecule has 0 aromatic heterocycles. The Kier molecular flexibility index (Phi) is 6.24. The Hall–Kier alpha value is -0.470. The molecule has 0 radical (unpaired) electrons. The first-order valence-corrected chi connectivity index (χ1v) is 8.55. The minimum atomic E-state index is -3.55. The number of sulfonamides is 1. The molecular formula is C12H16INO3S. The Morgan fingerprint density at radius 1 is 1.28 bits per heavy atom. The highest BCUT2D eigenvalue weighted by Crippen LogP contribution is 2.16. The largest absolute Gasteiger partial charge is 0.302 e. The zero-order chi connectivity index (χ0) is 13.6. The maximum Gasteiger partial charge on any atom is 0.243 e. The highest BCUT2D eigenvalue weighted by molar-refractivity contribution is 14.1. The van der Waals surface area contributed by atoms with Gasteiger partial charge in [-0.3, -0.25) is 0 Å². The Morgan fingerprint density at radius 2 is 1.89 bits per heavy atom. The van der Waals surface area contributed by atoms with Crippen molar-refractivity contribution >= 4 is 38.9 Å². The van der Waals surface area contributed by atoms with Crippen molar-refractivity contribution in [1.29, 1.82) is 0 Å². The maximum atomic E-state index is 12.3. The number of aldehydes is 1. The van der Waals surface area contributed by atoms with Crippen LogP contribution in [0.25, 0.3) is 0 Å². The lowest BCUT2D eigenvalue weighted by atomic mass is 10.2. The average Bonchev–Trinajstić information content (AvgIpc) is 2.35. The van der Waals surface area contributed by atoms with E-state index < -0.39 is 10.0 Å². The number of carbonyl (C=O) groups is 1. The summed E-state index contributed by atoms with van der Waals surface area (Å²) in [7, 11) is -3.55. The predicted octanol–water partition coefficient (Wildman–Crippen LogP) is 2.01.